The summed E-state index contributed by atoms with van der Waals surface area (Å²) in [5, 5.41) is 9.90. The quantitative estimate of drug-likeness (QED) is 0.915. The summed E-state index contributed by atoms with van der Waals surface area (Å²) in [6.07, 6.45) is -3.02. The lowest BCUT2D eigenvalue weighted by atomic mass is 10.1. The highest BCUT2D eigenvalue weighted by molar-refractivity contribution is 9.10. The number of rotatable bonds is 3. The van der Waals surface area contributed by atoms with Gasteiger partial charge in [0, 0.05) is 10.7 Å². The van der Waals surface area contributed by atoms with E-state index in [0.29, 0.717) is 5.69 Å². The van der Waals surface area contributed by atoms with Crippen molar-refractivity contribution < 1.29 is 18.0 Å². The number of carbonyl (C=O) groups excluding carboxylic acids is 1. The summed E-state index contributed by atoms with van der Waals surface area (Å²) in [7, 11) is 0. The lowest BCUT2D eigenvalue weighted by Crippen LogP contribution is -2.24. The SMILES string of the molecule is O=C(NCc1cccnn1)c1cc(C(F)(F)F)ccc1Br. The van der Waals surface area contributed by atoms with Crippen LogP contribution in [0.15, 0.2) is 41.0 Å². The molecule has 0 saturated heterocycles. The van der Waals surface area contributed by atoms with Crippen LogP contribution in [0.5, 0.6) is 0 Å². The van der Waals surface area contributed by atoms with Gasteiger partial charge in [-0.3, -0.25) is 4.79 Å². The molecule has 0 unspecified atom stereocenters. The molecule has 1 amide bonds. The van der Waals surface area contributed by atoms with Crippen LogP contribution in [-0.4, -0.2) is 16.1 Å². The molecule has 0 aliphatic carbocycles. The summed E-state index contributed by atoms with van der Waals surface area (Å²) in [6, 6.07) is 6.20. The van der Waals surface area contributed by atoms with E-state index in [4.69, 9.17) is 0 Å². The van der Waals surface area contributed by atoms with Crippen molar-refractivity contribution in [3.8, 4) is 0 Å². The first-order valence-corrected chi connectivity index (χ1v) is 6.59. The monoisotopic (exact) mass is 359 g/mol. The van der Waals surface area contributed by atoms with E-state index in [1.165, 1.54) is 12.3 Å². The third-order valence-electron chi connectivity index (χ3n) is 2.60. The van der Waals surface area contributed by atoms with E-state index in [9.17, 15) is 18.0 Å². The number of amides is 1. The lowest BCUT2D eigenvalue weighted by Gasteiger charge is -2.10. The van der Waals surface area contributed by atoms with Crippen molar-refractivity contribution in [3.63, 3.8) is 0 Å². The number of hydrogen-bond donors (Lipinski definition) is 1. The molecule has 0 aliphatic heterocycles. The highest BCUT2D eigenvalue weighted by Crippen LogP contribution is 2.31. The van der Waals surface area contributed by atoms with Crippen molar-refractivity contribution in [2.45, 2.75) is 12.7 Å². The van der Waals surface area contributed by atoms with Gasteiger partial charge >= 0.3 is 6.18 Å². The predicted octanol–water partition coefficient (Wildman–Crippen LogP) is 3.19. The minimum Gasteiger partial charge on any atom is -0.346 e. The van der Waals surface area contributed by atoms with Gasteiger partial charge in [0.25, 0.3) is 5.91 Å². The molecule has 4 nitrogen and oxygen atoms in total. The average Bonchev–Trinajstić information content (AvgIpc) is 2.45. The molecular formula is C13H9BrF3N3O. The van der Waals surface area contributed by atoms with Crippen LogP contribution >= 0.6 is 15.9 Å². The van der Waals surface area contributed by atoms with E-state index in [2.05, 4.69) is 31.4 Å². The Morgan fingerprint density at radius 3 is 2.67 bits per heavy atom. The fourth-order valence-corrected chi connectivity index (χ4v) is 2.00. The van der Waals surface area contributed by atoms with Gasteiger partial charge in [0.2, 0.25) is 0 Å². The Balaban J connectivity index is 2.15. The van der Waals surface area contributed by atoms with Crippen LogP contribution < -0.4 is 5.32 Å². The van der Waals surface area contributed by atoms with Crippen LogP contribution in [0.3, 0.4) is 0 Å². The summed E-state index contributed by atoms with van der Waals surface area (Å²) in [5.74, 6) is -0.626. The molecule has 1 N–H and O–H groups in total. The molecule has 110 valence electrons. The smallest absolute Gasteiger partial charge is 0.346 e. The Labute approximate surface area is 126 Å². The van der Waals surface area contributed by atoms with Crippen molar-refractivity contribution in [2.75, 3.05) is 0 Å². The van der Waals surface area contributed by atoms with Crippen LogP contribution in [0.1, 0.15) is 21.6 Å². The molecule has 21 heavy (non-hydrogen) atoms. The Hall–Kier alpha value is -1.96. The topological polar surface area (TPSA) is 54.9 Å². The molecule has 0 saturated carbocycles. The highest BCUT2D eigenvalue weighted by atomic mass is 79.9. The van der Waals surface area contributed by atoms with Crippen LogP contribution in [0, 0.1) is 0 Å². The third-order valence-corrected chi connectivity index (χ3v) is 3.29. The molecule has 0 atom stereocenters. The van der Waals surface area contributed by atoms with Gasteiger partial charge in [-0.05, 0) is 46.3 Å². The maximum atomic E-state index is 12.6. The van der Waals surface area contributed by atoms with Gasteiger partial charge in [-0.25, -0.2) is 0 Å². The number of carbonyl (C=O) groups is 1. The maximum absolute atomic E-state index is 12.6. The number of alkyl halides is 3. The lowest BCUT2D eigenvalue weighted by molar-refractivity contribution is -0.137. The molecule has 0 bridgehead atoms. The third kappa shape index (κ3) is 4.01. The largest absolute Gasteiger partial charge is 0.416 e. The Kier molecular flexibility index (Phi) is 4.56. The van der Waals surface area contributed by atoms with Gasteiger partial charge in [0.05, 0.1) is 23.4 Å². The first-order valence-electron chi connectivity index (χ1n) is 5.79. The summed E-state index contributed by atoms with van der Waals surface area (Å²) in [6.45, 7) is 0.0787. The van der Waals surface area contributed by atoms with E-state index in [0.717, 1.165) is 12.1 Å². The molecule has 1 aromatic carbocycles. The van der Waals surface area contributed by atoms with E-state index >= 15 is 0 Å². The highest BCUT2D eigenvalue weighted by Gasteiger charge is 2.31. The van der Waals surface area contributed by atoms with Crippen molar-refractivity contribution in [2.24, 2.45) is 0 Å². The van der Waals surface area contributed by atoms with Gasteiger partial charge in [0.1, 0.15) is 0 Å². The fraction of sp³-hybridized carbons (Fsp3) is 0.154. The van der Waals surface area contributed by atoms with E-state index < -0.39 is 17.6 Å². The molecule has 0 radical (unpaired) electrons. The van der Waals surface area contributed by atoms with E-state index in [1.807, 2.05) is 0 Å². The maximum Gasteiger partial charge on any atom is 0.416 e. The van der Waals surface area contributed by atoms with Gasteiger partial charge in [0.15, 0.2) is 0 Å². The van der Waals surface area contributed by atoms with Crippen LogP contribution in [0.25, 0.3) is 0 Å². The van der Waals surface area contributed by atoms with Crippen LogP contribution in [-0.2, 0) is 12.7 Å². The average molecular weight is 360 g/mol. The van der Waals surface area contributed by atoms with Gasteiger partial charge in [-0.15, -0.1) is 0 Å². The number of aromatic nitrogens is 2. The fourth-order valence-electron chi connectivity index (χ4n) is 1.57. The van der Waals surface area contributed by atoms with E-state index in [1.54, 1.807) is 12.1 Å². The van der Waals surface area contributed by atoms with Crippen LogP contribution in [0.4, 0.5) is 13.2 Å². The zero-order valence-corrected chi connectivity index (χ0v) is 12.1. The van der Waals surface area contributed by atoms with Gasteiger partial charge < -0.3 is 5.32 Å². The van der Waals surface area contributed by atoms with E-state index in [-0.39, 0.29) is 16.6 Å². The molecule has 1 aromatic heterocycles. The summed E-state index contributed by atoms with van der Waals surface area (Å²) in [4.78, 5) is 12.0. The molecular weight excluding hydrogens is 351 g/mol. The molecule has 2 rings (SSSR count). The number of nitrogens with zero attached hydrogens (tertiary/aromatic N) is 2. The van der Waals surface area contributed by atoms with Gasteiger partial charge in [-0.1, -0.05) is 0 Å². The minimum absolute atomic E-state index is 0.0787. The summed E-state index contributed by atoms with van der Waals surface area (Å²) >= 11 is 3.07. The predicted molar refractivity (Wildman–Crippen MR) is 72.3 cm³/mol. The molecule has 2 aromatic rings. The molecule has 0 aliphatic rings. The second-order valence-corrected chi connectivity index (χ2v) is 4.94. The second-order valence-electron chi connectivity index (χ2n) is 4.09. The Morgan fingerprint density at radius 1 is 1.29 bits per heavy atom. The molecule has 0 spiro atoms. The first-order chi connectivity index (χ1) is 9.88. The standard InChI is InChI=1S/C13H9BrF3N3O/c14-11-4-3-8(13(15,16)17)6-10(11)12(21)18-7-9-2-1-5-19-20-9/h1-6H,7H2,(H,18,21). The molecule has 1 heterocycles. The normalized spacial score (nSPS) is 11.2. The first kappa shape index (κ1) is 15.4. The number of nitrogens with one attached hydrogen (secondary N) is 1. The van der Waals surface area contributed by atoms with Crippen molar-refractivity contribution in [3.05, 3.63) is 57.8 Å². The number of benzene rings is 1. The zero-order chi connectivity index (χ0) is 15.5. The number of hydrogen-bond acceptors (Lipinski definition) is 3. The summed E-state index contributed by atoms with van der Waals surface area (Å²) in [5.41, 5.74) is -0.460. The molecule has 8 heteroatoms. The number of halogens is 4. The van der Waals surface area contributed by atoms with Gasteiger partial charge in [-0.2, -0.15) is 23.4 Å². The Morgan fingerprint density at radius 2 is 2.05 bits per heavy atom. The van der Waals surface area contributed by atoms with Crippen molar-refractivity contribution in [1.29, 1.82) is 0 Å². The van der Waals surface area contributed by atoms with Crippen LogP contribution in [0.2, 0.25) is 0 Å². The second kappa shape index (κ2) is 6.21. The Bertz CT molecular complexity index is 647. The minimum atomic E-state index is -4.50. The summed E-state index contributed by atoms with van der Waals surface area (Å²) < 4.78 is 38.2. The van der Waals surface area contributed by atoms with Crippen molar-refractivity contribution in [1.82, 2.24) is 15.5 Å². The zero-order valence-electron chi connectivity index (χ0n) is 10.5. The van der Waals surface area contributed by atoms with Crippen molar-refractivity contribution >= 4 is 21.8 Å². The molecule has 0 fully saturated rings.